The monoisotopic (exact) mass is 358 g/mol. The van der Waals surface area contributed by atoms with E-state index in [0.717, 1.165) is 23.7 Å². The Bertz CT molecular complexity index is 581. The number of hydrogen-bond acceptors (Lipinski definition) is 1. The molecule has 4 aliphatic carbocycles. The van der Waals surface area contributed by atoms with E-state index in [1.54, 1.807) is 0 Å². The molecule has 4 rings (SSSR count). The zero-order valence-electron chi connectivity index (χ0n) is 16.9. The van der Waals surface area contributed by atoms with Crippen LogP contribution in [0.2, 0.25) is 0 Å². The zero-order chi connectivity index (χ0) is 18.5. The summed E-state index contributed by atoms with van der Waals surface area (Å²) in [5.74, 6) is 3.59. The molecule has 0 aromatic rings. The van der Waals surface area contributed by atoms with Crippen LogP contribution < -0.4 is 0 Å². The molecule has 4 aliphatic rings. The second-order valence-corrected chi connectivity index (χ2v) is 10.6. The molecular formula is C24H38O2. The van der Waals surface area contributed by atoms with E-state index < -0.39 is 5.97 Å². The van der Waals surface area contributed by atoms with E-state index in [9.17, 15) is 4.79 Å². The Hall–Kier alpha value is -0.790. The molecule has 0 aliphatic heterocycles. The second-order valence-electron chi connectivity index (χ2n) is 10.6. The number of allylic oxidation sites excluding steroid dienone is 1. The van der Waals surface area contributed by atoms with Gasteiger partial charge in [0.15, 0.2) is 0 Å². The predicted octanol–water partition coefficient (Wildman–Crippen LogP) is 6.46. The number of carbonyl (C=O) groups is 1. The summed E-state index contributed by atoms with van der Waals surface area (Å²) in [7, 11) is 0. The molecule has 0 heterocycles. The van der Waals surface area contributed by atoms with Crippen LogP contribution in [0.25, 0.3) is 0 Å². The predicted molar refractivity (Wildman–Crippen MR) is 106 cm³/mol. The van der Waals surface area contributed by atoms with Crippen molar-refractivity contribution in [3.05, 3.63) is 12.2 Å². The standard InChI is InChI=1S/C24H38O2/c1-16(7-12-22(25)26)19-10-11-20-18-9-8-17-6-4-5-14-23(17,2)21(18)13-15-24(19,20)3/h17-21H,1,4-15H2,2-3H3,(H,25,26)/t17?,18?,19-,20?,21?,23+,24-/m1/s1. The van der Waals surface area contributed by atoms with Crippen LogP contribution in [0.5, 0.6) is 0 Å². The molecule has 0 bridgehead atoms. The van der Waals surface area contributed by atoms with Gasteiger partial charge in [-0.3, -0.25) is 4.79 Å². The smallest absolute Gasteiger partial charge is 0.303 e. The van der Waals surface area contributed by atoms with E-state index in [1.807, 2.05) is 0 Å². The van der Waals surface area contributed by atoms with Crippen molar-refractivity contribution in [1.82, 2.24) is 0 Å². The van der Waals surface area contributed by atoms with Crippen molar-refractivity contribution in [2.24, 2.45) is 40.4 Å². The molecule has 1 N–H and O–H groups in total. The number of carboxylic acid groups (broad SMARTS) is 1. The summed E-state index contributed by atoms with van der Waals surface area (Å²) < 4.78 is 0. The van der Waals surface area contributed by atoms with Crippen molar-refractivity contribution in [1.29, 1.82) is 0 Å². The Kier molecular flexibility index (Phi) is 4.77. The molecule has 2 nitrogen and oxygen atoms in total. The van der Waals surface area contributed by atoms with Crippen LogP contribution in [0.15, 0.2) is 12.2 Å². The van der Waals surface area contributed by atoms with Gasteiger partial charge in [0, 0.05) is 6.42 Å². The van der Waals surface area contributed by atoms with E-state index in [2.05, 4.69) is 20.4 Å². The average Bonchev–Trinajstić information content (AvgIpc) is 2.96. The lowest BCUT2D eigenvalue weighted by atomic mass is 9.44. The van der Waals surface area contributed by atoms with Crippen molar-refractivity contribution < 1.29 is 9.90 Å². The van der Waals surface area contributed by atoms with Crippen molar-refractivity contribution in [3.63, 3.8) is 0 Å². The Balaban J connectivity index is 1.53. The molecule has 26 heavy (non-hydrogen) atoms. The van der Waals surface area contributed by atoms with Crippen LogP contribution in [0.1, 0.15) is 90.9 Å². The van der Waals surface area contributed by atoms with Gasteiger partial charge in [0.2, 0.25) is 0 Å². The normalized spacial score (nSPS) is 47.5. The summed E-state index contributed by atoms with van der Waals surface area (Å²) in [6, 6.07) is 0. The van der Waals surface area contributed by atoms with Gasteiger partial charge >= 0.3 is 5.97 Å². The van der Waals surface area contributed by atoms with E-state index in [1.165, 1.54) is 69.8 Å². The van der Waals surface area contributed by atoms with Crippen molar-refractivity contribution in [2.75, 3.05) is 0 Å². The van der Waals surface area contributed by atoms with Gasteiger partial charge in [-0.25, -0.2) is 0 Å². The van der Waals surface area contributed by atoms with Gasteiger partial charge < -0.3 is 5.11 Å². The third-order valence-corrected chi connectivity index (χ3v) is 9.74. The molecule has 0 aromatic heterocycles. The van der Waals surface area contributed by atoms with E-state index in [0.29, 0.717) is 23.2 Å². The average molecular weight is 359 g/mol. The minimum Gasteiger partial charge on any atom is -0.481 e. The largest absolute Gasteiger partial charge is 0.481 e. The third kappa shape index (κ3) is 2.78. The molecule has 7 atom stereocenters. The summed E-state index contributed by atoms with van der Waals surface area (Å²) in [6.45, 7) is 9.55. The Morgan fingerprint density at radius 1 is 0.923 bits per heavy atom. The minimum atomic E-state index is -0.682. The maximum atomic E-state index is 11.0. The first-order valence-electron chi connectivity index (χ1n) is 11.3. The van der Waals surface area contributed by atoms with Crippen LogP contribution in [0, 0.1) is 40.4 Å². The topological polar surface area (TPSA) is 37.3 Å². The Labute approximate surface area is 159 Å². The molecule has 0 saturated heterocycles. The van der Waals surface area contributed by atoms with Gasteiger partial charge in [-0.2, -0.15) is 0 Å². The van der Waals surface area contributed by atoms with E-state index in [4.69, 9.17) is 5.11 Å². The van der Waals surface area contributed by atoms with Crippen LogP contribution in [-0.4, -0.2) is 11.1 Å². The number of hydrogen-bond donors (Lipinski definition) is 1. The van der Waals surface area contributed by atoms with Crippen LogP contribution in [0.3, 0.4) is 0 Å². The Morgan fingerprint density at radius 2 is 1.69 bits per heavy atom. The minimum absolute atomic E-state index is 0.252. The van der Waals surface area contributed by atoms with Crippen LogP contribution in [-0.2, 0) is 4.79 Å². The highest BCUT2D eigenvalue weighted by molar-refractivity contribution is 5.67. The molecule has 4 saturated carbocycles. The SMILES string of the molecule is C=C(CCC(=O)O)[C@H]1CCC2C3CCC4CCCC[C@]4(C)C3CC[C@@]21C. The summed E-state index contributed by atoms with van der Waals surface area (Å²) in [5, 5.41) is 9.05. The zero-order valence-corrected chi connectivity index (χ0v) is 16.9. The van der Waals surface area contributed by atoms with Crippen LogP contribution in [0.4, 0.5) is 0 Å². The van der Waals surface area contributed by atoms with E-state index in [-0.39, 0.29) is 6.42 Å². The fraction of sp³-hybridized carbons (Fsp3) is 0.875. The summed E-state index contributed by atoms with van der Waals surface area (Å²) in [4.78, 5) is 11.0. The van der Waals surface area contributed by atoms with Crippen LogP contribution >= 0.6 is 0 Å². The molecule has 2 heteroatoms. The lowest BCUT2D eigenvalue weighted by Gasteiger charge is -2.60. The van der Waals surface area contributed by atoms with Gasteiger partial charge in [0.05, 0.1) is 0 Å². The van der Waals surface area contributed by atoms with E-state index >= 15 is 0 Å². The number of aliphatic carboxylic acids is 1. The van der Waals surface area contributed by atoms with Gasteiger partial charge in [-0.05, 0) is 98.2 Å². The fourth-order valence-electron chi connectivity index (χ4n) is 8.41. The highest BCUT2D eigenvalue weighted by Gasteiger charge is 2.59. The number of carboxylic acids is 1. The lowest BCUT2D eigenvalue weighted by molar-refractivity contribution is -0.137. The van der Waals surface area contributed by atoms with Gasteiger partial charge in [0.25, 0.3) is 0 Å². The molecule has 0 aromatic carbocycles. The van der Waals surface area contributed by atoms with Gasteiger partial charge in [-0.1, -0.05) is 38.8 Å². The molecule has 4 fully saturated rings. The fourth-order valence-corrected chi connectivity index (χ4v) is 8.41. The van der Waals surface area contributed by atoms with Crippen molar-refractivity contribution >= 4 is 5.97 Å². The first kappa shape index (κ1) is 18.6. The Morgan fingerprint density at radius 3 is 2.46 bits per heavy atom. The highest BCUT2D eigenvalue weighted by atomic mass is 16.4. The lowest BCUT2D eigenvalue weighted by Crippen LogP contribution is -2.52. The highest BCUT2D eigenvalue weighted by Crippen LogP contribution is 2.68. The molecule has 0 spiro atoms. The molecular weight excluding hydrogens is 320 g/mol. The van der Waals surface area contributed by atoms with Crippen molar-refractivity contribution in [3.8, 4) is 0 Å². The first-order chi connectivity index (χ1) is 12.4. The maximum Gasteiger partial charge on any atom is 0.303 e. The maximum absolute atomic E-state index is 11.0. The molecule has 4 unspecified atom stereocenters. The molecule has 146 valence electrons. The van der Waals surface area contributed by atoms with Gasteiger partial charge in [-0.15, -0.1) is 0 Å². The molecule has 0 radical (unpaired) electrons. The summed E-state index contributed by atoms with van der Waals surface area (Å²) >= 11 is 0. The first-order valence-corrected chi connectivity index (χ1v) is 11.3. The van der Waals surface area contributed by atoms with Gasteiger partial charge in [0.1, 0.15) is 0 Å². The second kappa shape index (κ2) is 6.67. The number of rotatable bonds is 4. The van der Waals surface area contributed by atoms with Crippen molar-refractivity contribution in [2.45, 2.75) is 90.9 Å². The quantitative estimate of drug-likeness (QED) is 0.586. The number of fused-ring (bicyclic) bond motifs is 5. The summed E-state index contributed by atoms with van der Waals surface area (Å²) in [6.07, 6.45) is 15.1. The third-order valence-electron chi connectivity index (χ3n) is 9.74. The molecule has 0 amide bonds. The summed E-state index contributed by atoms with van der Waals surface area (Å²) in [5.41, 5.74) is 2.23.